The molecule has 4 nitrogen and oxygen atoms in total. The lowest BCUT2D eigenvalue weighted by Crippen LogP contribution is -2.05. The van der Waals surface area contributed by atoms with Crippen LogP contribution in [0.5, 0.6) is 5.75 Å². The standard InChI is InChI=1S/C21H15F2NO3/c22-21(23)27-14-8-5-12(6-9-14)11-13-7-10-16-18(20(25)26)15-3-1-2-4-17(15)24-19(13)16/h1-6,8-9,11,21H,7,10H2,(H,25,26)/b13-11-. The number of nitrogens with zero attached hydrogens (tertiary/aromatic N) is 1. The number of alkyl halides is 2. The second kappa shape index (κ2) is 6.79. The number of hydrogen-bond donors (Lipinski definition) is 1. The Bertz CT molecular complexity index is 1060. The molecule has 6 heteroatoms. The minimum Gasteiger partial charge on any atom is -0.478 e. The normalized spacial score (nSPS) is 14.7. The molecule has 1 N–H and O–H groups in total. The van der Waals surface area contributed by atoms with Gasteiger partial charge in [0.25, 0.3) is 0 Å². The third-order valence-corrected chi connectivity index (χ3v) is 4.60. The molecule has 0 fully saturated rings. The molecular formula is C21H15F2NO3. The number of hydrogen-bond acceptors (Lipinski definition) is 3. The van der Waals surface area contributed by atoms with Crippen molar-refractivity contribution in [1.29, 1.82) is 0 Å². The van der Waals surface area contributed by atoms with Crippen molar-refractivity contribution >= 4 is 28.5 Å². The molecule has 0 atom stereocenters. The van der Waals surface area contributed by atoms with Crippen LogP contribution < -0.4 is 4.74 Å². The highest BCUT2D eigenvalue weighted by Gasteiger charge is 2.26. The zero-order chi connectivity index (χ0) is 19.0. The first-order valence-electron chi connectivity index (χ1n) is 8.43. The molecule has 1 heterocycles. The van der Waals surface area contributed by atoms with Gasteiger partial charge >= 0.3 is 12.6 Å². The van der Waals surface area contributed by atoms with Gasteiger partial charge in [0.1, 0.15) is 5.75 Å². The number of ether oxygens (including phenoxy) is 1. The van der Waals surface area contributed by atoms with Gasteiger partial charge in [-0.15, -0.1) is 0 Å². The van der Waals surface area contributed by atoms with Gasteiger partial charge in [0.15, 0.2) is 0 Å². The van der Waals surface area contributed by atoms with Gasteiger partial charge in [0, 0.05) is 5.39 Å². The number of para-hydroxylation sites is 1. The molecule has 0 unspecified atom stereocenters. The van der Waals surface area contributed by atoms with Gasteiger partial charge in [0.2, 0.25) is 0 Å². The fourth-order valence-corrected chi connectivity index (χ4v) is 3.47. The minimum atomic E-state index is -2.86. The Hall–Kier alpha value is -3.28. The number of halogens is 2. The fraction of sp³-hybridized carbons (Fsp3) is 0.143. The Morgan fingerprint density at radius 1 is 1.11 bits per heavy atom. The van der Waals surface area contributed by atoms with Gasteiger partial charge in [-0.3, -0.25) is 0 Å². The van der Waals surface area contributed by atoms with E-state index in [1.807, 2.05) is 12.1 Å². The highest BCUT2D eigenvalue weighted by atomic mass is 19.3. The summed E-state index contributed by atoms with van der Waals surface area (Å²) < 4.78 is 28.9. The van der Waals surface area contributed by atoms with E-state index in [1.165, 1.54) is 12.1 Å². The summed E-state index contributed by atoms with van der Waals surface area (Å²) >= 11 is 0. The molecule has 3 aromatic rings. The number of rotatable bonds is 4. The summed E-state index contributed by atoms with van der Waals surface area (Å²) in [6.07, 6.45) is 3.19. The smallest absolute Gasteiger partial charge is 0.387 e. The van der Waals surface area contributed by atoms with Crippen LogP contribution in [0.3, 0.4) is 0 Å². The van der Waals surface area contributed by atoms with Crippen molar-refractivity contribution in [3.8, 4) is 5.75 Å². The Morgan fingerprint density at radius 2 is 1.85 bits per heavy atom. The molecule has 27 heavy (non-hydrogen) atoms. The summed E-state index contributed by atoms with van der Waals surface area (Å²) in [4.78, 5) is 16.5. The SMILES string of the molecule is O=C(O)c1c2c(nc3ccccc13)/C(=C\c1ccc(OC(F)F)cc1)CC2. The molecule has 2 aromatic carbocycles. The first-order valence-corrected chi connectivity index (χ1v) is 8.43. The lowest BCUT2D eigenvalue weighted by atomic mass is 10.0. The topological polar surface area (TPSA) is 59.4 Å². The molecule has 0 saturated carbocycles. The van der Waals surface area contributed by atoms with E-state index in [0.29, 0.717) is 35.0 Å². The number of aromatic carboxylic acids is 1. The molecule has 4 rings (SSSR count). The van der Waals surface area contributed by atoms with E-state index >= 15 is 0 Å². The number of carboxylic acids is 1. The van der Waals surface area contributed by atoms with Crippen LogP contribution in [0, 0.1) is 0 Å². The third kappa shape index (κ3) is 3.26. The molecule has 1 aliphatic rings. The Morgan fingerprint density at radius 3 is 2.56 bits per heavy atom. The van der Waals surface area contributed by atoms with Crippen molar-refractivity contribution < 1.29 is 23.4 Å². The lowest BCUT2D eigenvalue weighted by Gasteiger charge is -2.09. The van der Waals surface area contributed by atoms with Gasteiger partial charge in [-0.25, -0.2) is 9.78 Å². The molecule has 136 valence electrons. The van der Waals surface area contributed by atoms with E-state index in [2.05, 4.69) is 9.72 Å². The van der Waals surface area contributed by atoms with E-state index in [1.54, 1.807) is 30.3 Å². The van der Waals surface area contributed by atoms with Crippen LogP contribution >= 0.6 is 0 Å². The quantitative estimate of drug-likeness (QED) is 0.703. The lowest BCUT2D eigenvalue weighted by molar-refractivity contribution is -0.0498. The number of benzene rings is 2. The second-order valence-electron chi connectivity index (χ2n) is 6.25. The van der Waals surface area contributed by atoms with Crippen LogP contribution in [0.15, 0.2) is 48.5 Å². The van der Waals surface area contributed by atoms with E-state index in [0.717, 1.165) is 16.7 Å². The maximum atomic E-state index is 12.3. The molecule has 1 aromatic heterocycles. The van der Waals surface area contributed by atoms with Gasteiger partial charge in [-0.2, -0.15) is 8.78 Å². The van der Waals surface area contributed by atoms with Crippen LogP contribution in [0.1, 0.15) is 33.6 Å². The van der Waals surface area contributed by atoms with Crippen LogP contribution in [0.4, 0.5) is 8.78 Å². The number of fused-ring (bicyclic) bond motifs is 2. The number of allylic oxidation sites excluding steroid dienone is 1. The Balaban J connectivity index is 1.77. The maximum Gasteiger partial charge on any atom is 0.387 e. The second-order valence-corrected chi connectivity index (χ2v) is 6.25. The van der Waals surface area contributed by atoms with Crippen LogP contribution in [-0.4, -0.2) is 22.7 Å². The summed E-state index contributed by atoms with van der Waals surface area (Å²) in [7, 11) is 0. The van der Waals surface area contributed by atoms with Crippen LogP contribution in [0.25, 0.3) is 22.6 Å². The zero-order valence-corrected chi connectivity index (χ0v) is 14.2. The summed E-state index contributed by atoms with van der Waals surface area (Å²) in [5.74, 6) is -0.865. The van der Waals surface area contributed by atoms with E-state index < -0.39 is 12.6 Å². The largest absolute Gasteiger partial charge is 0.478 e. The molecular weight excluding hydrogens is 352 g/mol. The van der Waals surface area contributed by atoms with Crippen LogP contribution in [-0.2, 0) is 6.42 Å². The zero-order valence-electron chi connectivity index (χ0n) is 14.2. The van der Waals surface area contributed by atoms with Crippen molar-refractivity contribution in [2.24, 2.45) is 0 Å². The molecule has 0 amide bonds. The van der Waals surface area contributed by atoms with Crippen LogP contribution in [0.2, 0.25) is 0 Å². The highest BCUT2D eigenvalue weighted by Crippen LogP contribution is 2.37. The first kappa shape index (κ1) is 17.1. The molecule has 0 saturated heterocycles. The van der Waals surface area contributed by atoms with Crippen molar-refractivity contribution in [3.63, 3.8) is 0 Å². The highest BCUT2D eigenvalue weighted by molar-refractivity contribution is 6.06. The Labute approximate surface area is 153 Å². The third-order valence-electron chi connectivity index (χ3n) is 4.60. The van der Waals surface area contributed by atoms with Crippen molar-refractivity contribution in [2.75, 3.05) is 0 Å². The first-order chi connectivity index (χ1) is 13.0. The number of carbonyl (C=O) groups is 1. The molecule has 0 radical (unpaired) electrons. The average Bonchev–Trinajstić information content (AvgIpc) is 3.03. The van der Waals surface area contributed by atoms with E-state index in [9.17, 15) is 18.7 Å². The summed E-state index contributed by atoms with van der Waals surface area (Å²) in [6, 6.07) is 13.5. The summed E-state index contributed by atoms with van der Waals surface area (Å²) in [5.41, 5.74) is 4.12. The van der Waals surface area contributed by atoms with Crippen molar-refractivity contribution in [2.45, 2.75) is 19.5 Å². The number of carboxylic acid groups (broad SMARTS) is 1. The maximum absolute atomic E-state index is 12.3. The minimum absolute atomic E-state index is 0.0938. The van der Waals surface area contributed by atoms with Crippen molar-refractivity contribution in [1.82, 2.24) is 4.98 Å². The van der Waals surface area contributed by atoms with Gasteiger partial charge < -0.3 is 9.84 Å². The van der Waals surface area contributed by atoms with E-state index in [4.69, 9.17) is 0 Å². The number of pyridine rings is 1. The van der Waals surface area contributed by atoms with Crippen molar-refractivity contribution in [3.05, 3.63) is 70.9 Å². The Kier molecular flexibility index (Phi) is 4.32. The molecule has 1 aliphatic carbocycles. The number of aromatic nitrogens is 1. The van der Waals surface area contributed by atoms with E-state index in [-0.39, 0.29) is 5.75 Å². The predicted octanol–water partition coefficient (Wildman–Crippen LogP) is 5.02. The fourth-order valence-electron chi connectivity index (χ4n) is 3.47. The van der Waals surface area contributed by atoms with Gasteiger partial charge in [-0.1, -0.05) is 30.3 Å². The molecule has 0 aliphatic heterocycles. The van der Waals surface area contributed by atoms with Gasteiger partial charge in [0.05, 0.1) is 16.8 Å². The molecule has 0 spiro atoms. The molecule has 0 bridgehead atoms. The average molecular weight is 367 g/mol. The van der Waals surface area contributed by atoms with Gasteiger partial charge in [-0.05, 0) is 53.8 Å². The summed E-state index contributed by atoms with van der Waals surface area (Å²) in [5, 5.41) is 10.3. The summed E-state index contributed by atoms with van der Waals surface area (Å²) in [6.45, 7) is -2.86. The monoisotopic (exact) mass is 367 g/mol. The predicted molar refractivity (Wildman–Crippen MR) is 98.0 cm³/mol.